The van der Waals surface area contributed by atoms with E-state index < -0.39 is 0 Å². The summed E-state index contributed by atoms with van der Waals surface area (Å²) < 4.78 is 7.06. The van der Waals surface area contributed by atoms with Crippen molar-refractivity contribution in [3.63, 3.8) is 0 Å². The monoisotopic (exact) mass is 321 g/mol. The number of methoxy groups -OCH3 is 1. The number of hydrogen-bond donors (Lipinski definition) is 1. The van der Waals surface area contributed by atoms with Crippen molar-refractivity contribution in [1.82, 2.24) is 24.9 Å². The lowest BCUT2D eigenvalue weighted by Gasteiger charge is -2.34. The van der Waals surface area contributed by atoms with Gasteiger partial charge in [-0.3, -0.25) is 14.4 Å². The number of nitrogens with one attached hydrogen (secondary N) is 1. The molecule has 2 aliphatic rings. The van der Waals surface area contributed by atoms with Gasteiger partial charge in [0.2, 0.25) is 0 Å². The van der Waals surface area contributed by atoms with Crippen molar-refractivity contribution < 1.29 is 9.53 Å². The highest BCUT2D eigenvalue weighted by atomic mass is 16.5. The van der Waals surface area contributed by atoms with Crippen LogP contribution in [0.5, 0.6) is 0 Å². The van der Waals surface area contributed by atoms with Gasteiger partial charge in [0.15, 0.2) is 0 Å². The standard InChI is InChI=1S/C16H27N5O2/c1-23-12-11-19-7-9-20(10-8-19)16(22)15-4-6-21(18-15)14-3-2-5-17-13-14/h4,6,14,17H,2-3,5,7-13H2,1H3. The van der Waals surface area contributed by atoms with Crippen LogP contribution in [0, 0.1) is 0 Å². The smallest absolute Gasteiger partial charge is 0.274 e. The van der Waals surface area contributed by atoms with E-state index in [4.69, 9.17) is 4.74 Å². The molecule has 2 fully saturated rings. The Kier molecular flexibility index (Phi) is 5.64. The lowest BCUT2D eigenvalue weighted by Crippen LogP contribution is -2.49. The third-order valence-electron chi connectivity index (χ3n) is 4.74. The molecule has 1 aromatic heterocycles. The lowest BCUT2D eigenvalue weighted by atomic mass is 10.1. The average Bonchev–Trinajstić information content (AvgIpc) is 3.11. The number of carbonyl (C=O) groups is 1. The summed E-state index contributed by atoms with van der Waals surface area (Å²) >= 11 is 0. The fourth-order valence-corrected chi connectivity index (χ4v) is 3.27. The van der Waals surface area contributed by atoms with E-state index >= 15 is 0 Å². The van der Waals surface area contributed by atoms with Crippen LogP contribution in [0.1, 0.15) is 29.4 Å². The van der Waals surface area contributed by atoms with Gasteiger partial charge in [0.25, 0.3) is 5.91 Å². The largest absolute Gasteiger partial charge is 0.383 e. The van der Waals surface area contributed by atoms with Crippen LogP contribution < -0.4 is 5.32 Å². The summed E-state index contributed by atoms with van der Waals surface area (Å²) in [5.41, 5.74) is 0.570. The second-order valence-electron chi connectivity index (χ2n) is 6.31. The van der Waals surface area contributed by atoms with Gasteiger partial charge >= 0.3 is 0 Å². The Morgan fingerprint density at radius 2 is 2.22 bits per heavy atom. The van der Waals surface area contributed by atoms with Gasteiger partial charge in [0.05, 0.1) is 12.6 Å². The van der Waals surface area contributed by atoms with E-state index in [-0.39, 0.29) is 5.91 Å². The van der Waals surface area contributed by atoms with Crippen LogP contribution in [0.2, 0.25) is 0 Å². The zero-order valence-corrected chi connectivity index (χ0v) is 13.9. The van der Waals surface area contributed by atoms with Gasteiger partial charge < -0.3 is 15.0 Å². The summed E-state index contributed by atoms with van der Waals surface area (Å²) in [7, 11) is 1.72. The van der Waals surface area contributed by atoms with E-state index in [1.807, 2.05) is 21.8 Å². The van der Waals surface area contributed by atoms with Crippen molar-refractivity contribution in [3.8, 4) is 0 Å². The predicted molar refractivity (Wildman–Crippen MR) is 87.6 cm³/mol. The lowest BCUT2D eigenvalue weighted by molar-refractivity contribution is 0.0587. The first-order chi connectivity index (χ1) is 11.3. The number of rotatable bonds is 5. The fourth-order valence-electron chi connectivity index (χ4n) is 3.27. The molecule has 3 rings (SSSR count). The molecule has 0 aliphatic carbocycles. The van der Waals surface area contributed by atoms with Crippen molar-refractivity contribution in [1.29, 1.82) is 0 Å². The molecule has 0 radical (unpaired) electrons. The highest BCUT2D eigenvalue weighted by molar-refractivity contribution is 5.92. The maximum atomic E-state index is 12.6. The quantitative estimate of drug-likeness (QED) is 0.840. The van der Waals surface area contributed by atoms with Crippen molar-refractivity contribution in [2.75, 3.05) is 59.5 Å². The molecule has 7 nitrogen and oxygen atoms in total. The first-order valence-electron chi connectivity index (χ1n) is 8.54. The van der Waals surface area contributed by atoms with Gasteiger partial charge in [-0.05, 0) is 25.5 Å². The van der Waals surface area contributed by atoms with E-state index in [0.29, 0.717) is 11.7 Å². The van der Waals surface area contributed by atoms with E-state index in [1.165, 1.54) is 0 Å². The number of amides is 1. The zero-order valence-electron chi connectivity index (χ0n) is 13.9. The number of carbonyl (C=O) groups excluding carboxylic acids is 1. The minimum Gasteiger partial charge on any atom is -0.383 e. The number of hydrogen-bond acceptors (Lipinski definition) is 5. The molecule has 0 spiro atoms. The molecule has 1 N–H and O–H groups in total. The van der Waals surface area contributed by atoms with E-state index in [9.17, 15) is 4.79 Å². The van der Waals surface area contributed by atoms with Crippen molar-refractivity contribution in [2.24, 2.45) is 0 Å². The SMILES string of the molecule is COCCN1CCN(C(=O)c2ccn(C3CCCNC3)n2)CC1. The molecule has 0 aromatic carbocycles. The minimum absolute atomic E-state index is 0.0545. The Morgan fingerprint density at radius 3 is 2.91 bits per heavy atom. The highest BCUT2D eigenvalue weighted by Gasteiger charge is 2.24. The van der Waals surface area contributed by atoms with E-state index in [0.717, 1.165) is 65.3 Å². The topological polar surface area (TPSA) is 62.6 Å². The predicted octanol–water partition coefficient (Wildman–Crippen LogP) is 0.212. The second kappa shape index (κ2) is 7.90. The Balaban J connectivity index is 1.53. The molecule has 1 atom stereocenters. The molecule has 128 valence electrons. The van der Waals surface area contributed by atoms with Crippen molar-refractivity contribution in [2.45, 2.75) is 18.9 Å². The number of aromatic nitrogens is 2. The van der Waals surface area contributed by atoms with Gasteiger partial charge in [-0.15, -0.1) is 0 Å². The van der Waals surface area contributed by atoms with Crippen molar-refractivity contribution in [3.05, 3.63) is 18.0 Å². The third-order valence-corrected chi connectivity index (χ3v) is 4.74. The normalized spacial score (nSPS) is 23.2. The van der Waals surface area contributed by atoms with Gasteiger partial charge in [-0.1, -0.05) is 0 Å². The molecular formula is C16H27N5O2. The summed E-state index contributed by atoms with van der Waals surface area (Å²) in [6, 6.07) is 2.23. The minimum atomic E-state index is 0.0545. The Bertz CT molecular complexity index is 504. The van der Waals surface area contributed by atoms with Crippen LogP contribution in [-0.2, 0) is 4.74 Å². The van der Waals surface area contributed by atoms with Crippen molar-refractivity contribution >= 4 is 5.91 Å². The van der Waals surface area contributed by atoms with Crippen LogP contribution in [-0.4, -0.2) is 85.0 Å². The molecule has 1 amide bonds. The fraction of sp³-hybridized carbons (Fsp3) is 0.750. The second-order valence-corrected chi connectivity index (χ2v) is 6.31. The molecule has 0 saturated carbocycles. The van der Waals surface area contributed by atoms with Gasteiger partial charge in [0.1, 0.15) is 5.69 Å². The van der Waals surface area contributed by atoms with Crippen LogP contribution in [0.3, 0.4) is 0 Å². The summed E-state index contributed by atoms with van der Waals surface area (Å²) in [4.78, 5) is 16.9. The highest BCUT2D eigenvalue weighted by Crippen LogP contribution is 2.16. The first kappa shape index (κ1) is 16.4. The van der Waals surface area contributed by atoms with Crippen LogP contribution in [0.25, 0.3) is 0 Å². The summed E-state index contributed by atoms with van der Waals surface area (Å²) in [5.74, 6) is 0.0545. The Hall–Kier alpha value is -1.44. The number of ether oxygens (including phenoxy) is 1. The maximum absolute atomic E-state index is 12.6. The van der Waals surface area contributed by atoms with Gasteiger partial charge in [-0.2, -0.15) is 5.10 Å². The molecule has 3 heterocycles. The number of nitrogens with zero attached hydrogens (tertiary/aromatic N) is 4. The molecule has 2 aliphatic heterocycles. The Morgan fingerprint density at radius 1 is 1.39 bits per heavy atom. The third kappa shape index (κ3) is 4.10. The molecule has 2 saturated heterocycles. The average molecular weight is 321 g/mol. The molecule has 23 heavy (non-hydrogen) atoms. The first-order valence-corrected chi connectivity index (χ1v) is 8.54. The summed E-state index contributed by atoms with van der Waals surface area (Å²) in [6.07, 6.45) is 4.23. The summed E-state index contributed by atoms with van der Waals surface area (Å²) in [6.45, 7) is 7.03. The number of piperazine rings is 1. The van der Waals surface area contributed by atoms with Gasteiger partial charge in [-0.25, -0.2) is 0 Å². The summed E-state index contributed by atoms with van der Waals surface area (Å²) in [5, 5.41) is 7.91. The maximum Gasteiger partial charge on any atom is 0.274 e. The van der Waals surface area contributed by atoms with E-state index in [1.54, 1.807) is 7.11 Å². The molecule has 1 aromatic rings. The Labute approximate surface area is 137 Å². The molecular weight excluding hydrogens is 294 g/mol. The zero-order chi connectivity index (χ0) is 16.1. The molecule has 1 unspecified atom stereocenters. The van der Waals surface area contributed by atoms with E-state index in [2.05, 4.69) is 15.3 Å². The molecule has 0 bridgehead atoms. The van der Waals surface area contributed by atoms with Crippen LogP contribution in [0.15, 0.2) is 12.3 Å². The van der Waals surface area contributed by atoms with Crippen LogP contribution >= 0.6 is 0 Å². The molecule has 7 heteroatoms. The van der Waals surface area contributed by atoms with Gasteiger partial charge in [0, 0.05) is 52.6 Å². The van der Waals surface area contributed by atoms with Crippen LogP contribution in [0.4, 0.5) is 0 Å². The number of piperidine rings is 1.